The van der Waals surface area contributed by atoms with Crippen LogP contribution in [0, 0.1) is 0 Å². The van der Waals surface area contributed by atoms with Crippen LogP contribution >= 0.6 is 15.9 Å². The SMILES string of the molecule is COc1ncnc2c1ccn2[C@@H]1O[C@](C)(COc2ccc3cc(Br)c(N)nc3c2)[C@@H](O)[C@H]1O. The number of rotatable bonds is 5. The number of hydrogen-bond acceptors (Lipinski definition) is 9. The summed E-state index contributed by atoms with van der Waals surface area (Å²) in [6.45, 7) is 1.69. The Hall–Kier alpha value is -2.99. The molecule has 4 atom stereocenters. The Morgan fingerprint density at radius 1 is 1.24 bits per heavy atom. The molecular weight excluding hydrogens is 494 g/mol. The Kier molecular flexibility index (Phi) is 5.36. The van der Waals surface area contributed by atoms with E-state index in [9.17, 15) is 10.2 Å². The minimum Gasteiger partial charge on any atom is -0.490 e. The van der Waals surface area contributed by atoms with Crippen LogP contribution in [0.15, 0.2) is 47.3 Å². The first-order valence-corrected chi connectivity index (χ1v) is 11.0. The third kappa shape index (κ3) is 3.66. The first kappa shape index (κ1) is 21.8. The molecule has 0 amide bonds. The van der Waals surface area contributed by atoms with Gasteiger partial charge in [0, 0.05) is 17.6 Å². The van der Waals surface area contributed by atoms with Crippen LogP contribution in [0.2, 0.25) is 0 Å². The summed E-state index contributed by atoms with van der Waals surface area (Å²) in [4.78, 5) is 12.7. The highest BCUT2D eigenvalue weighted by Gasteiger charge is 2.52. The third-order valence-electron chi connectivity index (χ3n) is 5.87. The summed E-state index contributed by atoms with van der Waals surface area (Å²) in [5.74, 6) is 1.33. The maximum absolute atomic E-state index is 10.8. The number of nitrogen functional groups attached to an aromatic ring is 1. The number of hydrogen-bond donors (Lipinski definition) is 3. The van der Waals surface area contributed by atoms with Crippen LogP contribution in [0.3, 0.4) is 0 Å². The summed E-state index contributed by atoms with van der Waals surface area (Å²) in [7, 11) is 1.52. The highest BCUT2D eigenvalue weighted by molar-refractivity contribution is 9.10. The molecule has 5 rings (SSSR count). The summed E-state index contributed by atoms with van der Waals surface area (Å²) in [6.07, 6.45) is -0.191. The molecule has 0 aliphatic carbocycles. The Balaban J connectivity index is 1.38. The lowest BCUT2D eigenvalue weighted by molar-refractivity contribution is -0.110. The number of anilines is 1. The smallest absolute Gasteiger partial charge is 0.225 e. The van der Waals surface area contributed by atoms with Gasteiger partial charge < -0.3 is 34.7 Å². The van der Waals surface area contributed by atoms with E-state index in [1.165, 1.54) is 13.4 Å². The number of aromatic nitrogens is 4. The van der Waals surface area contributed by atoms with Crippen LogP contribution < -0.4 is 15.2 Å². The zero-order valence-electron chi connectivity index (χ0n) is 17.8. The molecule has 33 heavy (non-hydrogen) atoms. The Labute approximate surface area is 197 Å². The quantitative estimate of drug-likeness (QED) is 0.365. The highest BCUT2D eigenvalue weighted by atomic mass is 79.9. The lowest BCUT2D eigenvalue weighted by atomic mass is 9.98. The van der Waals surface area contributed by atoms with Gasteiger partial charge in [0.1, 0.15) is 48.0 Å². The second kappa shape index (κ2) is 8.10. The first-order valence-electron chi connectivity index (χ1n) is 10.2. The average Bonchev–Trinajstić information content (AvgIpc) is 3.33. The number of aliphatic hydroxyl groups is 2. The topological polar surface area (TPSA) is 138 Å². The van der Waals surface area contributed by atoms with Gasteiger partial charge in [-0.3, -0.25) is 0 Å². The van der Waals surface area contributed by atoms with Crippen LogP contribution in [0.4, 0.5) is 5.82 Å². The summed E-state index contributed by atoms with van der Waals surface area (Å²) in [6, 6.07) is 9.09. The van der Waals surface area contributed by atoms with E-state index in [0.29, 0.717) is 34.0 Å². The van der Waals surface area contributed by atoms with E-state index in [4.69, 9.17) is 19.9 Å². The number of pyridine rings is 1. The monoisotopic (exact) mass is 515 g/mol. The van der Waals surface area contributed by atoms with Crippen molar-refractivity contribution in [1.82, 2.24) is 19.5 Å². The van der Waals surface area contributed by atoms with Crippen molar-refractivity contribution in [3.8, 4) is 11.6 Å². The predicted molar refractivity (Wildman–Crippen MR) is 124 cm³/mol. The van der Waals surface area contributed by atoms with Crippen LogP contribution in [0.1, 0.15) is 13.2 Å². The zero-order valence-corrected chi connectivity index (χ0v) is 19.4. The Morgan fingerprint density at radius 3 is 2.85 bits per heavy atom. The van der Waals surface area contributed by atoms with Gasteiger partial charge in [0.15, 0.2) is 6.23 Å². The number of benzene rings is 1. The lowest BCUT2D eigenvalue weighted by Crippen LogP contribution is -2.45. The first-order chi connectivity index (χ1) is 15.8. The van der Waals surface area contributed by atoms with Crippen molar-refractivity contribution < 1.29 is 24.4 Å². The van der Waals surface area contributed by atoms with Crippen molar-refractivity contribution in [3.63, 3.8) is 0 Å². The molecule has 1 aromatic carbocycles. The molecular formula is C22H22BrN5O5. The molecule has 1 aliphatic rings. The minimum atomic E-state index is -1.20. The summed E-state index contributed by atoms with van der Waals surface area (Å²) in [5.41, 5.74) is 5.90. The minimum absolute atomic E-state index is 0.00322. The molecule has 4 heterocycles. The Bertz CT molecular complexity index is 1350. The molecule has 0 spiro atoms. The lowest BCUT2D eigenvalue weighted by Gasteiger charge is -2.27. The van der Waals surface area contributed by atoms with Crippen molar-refractivity contribution in [2.24, 2.45) is 0 Å². The molecule has 0 saturated carbocycles. The van der Waals surface area contributed by atoms with Crippen molar-refractivity contribution in [2.45, 2.75) is 31.0 Å². The third-order valence-corrected chi connectivity index (χ3v) is 6.50. The number of nitrogens with zero attached hydrogens (tertiary/aromatic N) is 4. The fraction of sp³-hybridized carbons (Fsp3) is 0.318. The molecule has 10 nitrogen and oxygen atoms in total. The maximum atomic E-state index is 10.8. The van der Waals surface area contributed by atoms with Crippen LogP contribution in [-0.4, -0.2) is 61.3 Å². The summed E-state index contributed by atoms with van der Waals surface area (Å²) in [5, 5.41) is 23.2. The summed E-state index contributed by atoms with van der Waals surface area (Å²) < 4.78 is 19.7. The van der Waals surface area contributed by atoms with Gasteiger partial charge in [0.05, 0.1) is 22.5 Å². The predicted octanol–water partition coefficient (Wildman–Crippen LogP) is 2.42. The molecule has 4 aromatic rings. The van der Waals surface area contributed by atoms with Gasteiger partial charge in [0.2, 0.25) is 5.88 Å². The second-order valence-electron chi connectivity index (χ2n) is 8.10. The molecule has 4 N–H and O–H groups in total. The summed E-state index contributed by atoms with van der Waals surface area (Å²) >= 11 is 3.37. The fourth-order valence-electron chi connectivity index (χ4n) is 4.04. The van der Waals surface area contributed by atoms with Gasteiger partial charge in [0.25, 0.3) is 0 Å². The highest BCUT2D eigenvalue weighted by Crippen LogP contribution is 2.39. The zero-order chi connectivity index (χ0) is 23.3. The van der Waals surface area contributed by atoms with E-state index in [1.54, 1.807) is 35.9 Å². The average molecular weight is 516 g/mol. The molecule has 172 valence electrons. The molecule has 1 saturated heterocycles. The molecule has 3 aromatic heterocycles. The van der Waals surface area contributed by atoms with Crippen molar-refractivity contribution in [3.05, 3.63) is 47.3 Å². The van der Waals surface area contributed by atoms with E-state index in [1.807, 2.05) is 12.1 Å². The molecule has 1 fully saturated rings. The van der Waals surface area contributed by atoms with E-state index in [2.05, 4.69) is 30.9 Å². The Morgan fingerprint density at radius 2 is 2.06 bits per heavy atom. The maximum Gasteiger partial charge on any atom is 0.225 e. The van der Waals surface area contributed by atoms with Gasteiger partial charge >= 0.3 is 0 Å². The van der Waals surface area contributed by atoms with Gasteiger partial charge in [-0.15, -0.1) is 0 Å². The van der Waals surface area contributed by atoms with Crippen molar-refractivity contribution in [2.75, 3.05) is 19.5 Å². The number of methoxy groups -OCH3 is 1. The van der Waals surface area contributed by atoms with E-state index in [-0.39, 0.29) is 6.61 Å². The van der Waals surface area contributed by atoms with Crippen molar-refractivity contribution >= 4 is 43.7 Å². The molecule has 1 aliphatic heterocycles. The van der Waals surface area contributed by atoms with Crippen molar-refractivity contribution in [1.29, 1.82) is 0 Å². The largest absolute Gasteiger partial charge is 0.490 e. The molecule has 0 unspecified atom stereocenters. The van der Waals surface area contributed by atoms with Gasteiger partial charge in [-0.1, -0.05) is 0 Å². The van der Waals surface area contributed by atoms with Gasteiger partial charge in [-0.05, 0) is 47.1 Å². The molecule has 0 bridgehead atoms. The fourth-order valence-corrected chi connectivity index (χ4v) is 4.38. The molecule has 11 heteroatoms. The van der Waals surface area contributed by atoms with Crippen LogP contribution in [0.5, 0.6) is 11.6 Å². The number of nitrogens with two attached hydrogens (primary N) is 1. The van der Waals surface area contributed by atoms with Crippen LogP contribution in [0.25, 0.3) is 21.9 Å². The van der Waals surface area contributed by atoms with Gasteiger partial charge in [-0.2, -0.15) is 0 Å². The number of fused-ring (bicyclic) bond motifs is 2. The number of ether oxygens (including phenoxy) is 3. The van der Waals surface area contributed by atoms with Gasteiger partial charge in [-0.25, -0.2) is 15.0 Å². The van der Waals surface area contributed by atoms with E-state index < -0.39 is 24.0 Å². The van der Waals surface area contributed by atoms with Crippen LogP contribution in [-0.2, 0) is 4.74 Å². The van der Waals surface area contributed by atoms with E-state index >= 15 is 0 Å². The normalized spacial score (nSPS) is 25.1. The molecule has 0 radical (unpaired) electrons. The number of halogens is 1. The van der Waals surface area contributed by atoms with E-state index in [0.717, 1.165) is 9.86 Å². The second-order valence-corrected chi connectivity index (χ2v) is 8.95. The number of aliphatic hydroxyl groups excluding tert-OH is 2. The standard InChI is InChI=1S/C22H22BrN5O5/c1-22(9-32-12-4-3-11-7-14(23)18(24)27-15(11)8-12)17(30)16(29)21(33-22)28-6-5-13-19(28)25-10-26-20(13)31-2/h3-8,10,16-17,21,29-30H,9H2,1-2H3,(H2,24,27)/t16-,17+,21-,22-/m1/s1.